The summed E-state index contributed by atoms with van der Waals surface area (Å²) in [5.74, 6) is -2.67. The Bertz CT molecular complexity index is 1180. The van der Waals surface area contributed by atoms with Crippen LogP contribution in [0.2, 0.25) is 0 Å². The summed E-state index contributed by atoms with van der Waals surface area (Å²) >= 11 is 0. The molecular formula is C26H29O10P. The minimum atomic E-state index is -4.80. The Balaban J connectivity index is 0.000000294. The second-order valence-electron chi connectivity index (χ2n) is 7.62. The van der Waals surface area contributed by atoms with E-state index in [0.717, 1.165) is 29.5 Å². The van der Waals surface area contributed by atoms with Gasteiger partial charge in [0.1, 0.15) is 0 Å². The van der Waals surface area contributed by atoms with Crippen LogP contribution in [0.3, 0.4) is 0 Å². The van der Waals surface area contributed by atoms with E-state index in [4.69, 9.17) is 20.0 Å². The van der Waals surface area contributed by atoms with Crippen LogP contribution in [0, 0.1) is 13.8 Å². The minimum absolute atomic E-state index is 0.165. The van der Waals surface area contributed by atoms with Crippen LogP contribution in [-0.2, 0) is 20.5 Å². The molecule has 0 amide bonds. The number of carbonyl (C=O) groups excluding carboxylic acids is 1. The highest BCUT2D eigenvalue weighted by atomic mass is 31.2. The van der Waals surface area contributed by atoms with Gasteiger partial charge in [-0.25, -0.2) is 18.9 Å². The topological polar surface area (TPSA) is 168 Å². The van der Waals surface area contributed by atoms with Crippen molar-refractivity contribution in [2.45, 2.75) is 33.6 Å². The van der Waals surface area contributed by atoms with Crippen molar-refractivity contribution >= 4 is 25.7 Å². The summed E-state index contributed by atoms with van der Waals surface area (Å²) in [4.78, 5) is 52.8. The van der Waals surface area contributed by atoms with Gasteiger partial charge in [0.2, 0.25) is 0 Å². The molecule has 0 atom stereocenters. The molecule has 0 saturated heterocycles. The molecule has 0 heterocycles. The van der Waals surface area contributed by atoms with Gasteiger partial charge in [-0.05, 0) is 61.2 Å². The Morgan fingerprint density at radius 3 is 1.51 bits per heavy atom. The highest BCUT2D eigenvalue weighted by molar-refractivity contribution is 7.46. The Hall–Kier alpha value is -3.82. The first-order chi connectivity index (χ1) is 17.4. The lowest BCUT2D eigenvalue weighted by Gasteiger charge is -2.04. The van der Waals surface area contributed by atoms with Crippen molar-refractivity contribution in [1.29, 1.82) is 0 Å². The first kappa shape index (κ1) is 31.2. The monoisotopic (exact) mass is 532 g/mol. The molecule has 0 radical (unpaired) electrons. The van der Waals surface area contributed by atoms with Gasteiger partial charge in [0.25, 0.3) is 0 Å². The first-order valence-corrected chi connectivity index (χ1v) is 12.5. The van der Waals surface area contributed by atoms with Crippen LogP contribution < -0.4 is 0 Å². The van der Waals surface area contributed by atoms with Crippen LogP contribution in [0.25, 0.3) is 0 Å². The smallest absolute Gasteiger partial charge is 0.478 e. The number of rotatable bonds is 7. The largest absolute Gasteiger partial charge is 0.505 e. The van der Waals surface area contributed by atoms with E-state index in [9.17, 15) is 18.9 Å². The van der Waals surface area contributed by atoms with Gasteiger partial charge < -0.3 is 20.0 Å². The SMILES string of the molecule is CCCc1ccc(C(=O)OOP(=O)(O)O)cc1.Cc1ccccc1C(=O)O.Cc1ccccc1C(=O)O. The third-order valence-electron chi connectivity index (χ3n) is 4.69. The van der Waals surface area contributed by atoms with E-state index in [-0.39, 0.29) is 5.56 Å². The van der Waals surface area contributed by atoms with E-state index < -0.39 is 25.7 Å². The average Bonchev–Trinajstić information content (AvgIpc) is 2.84. The van der Waals surface area contributed by atoms with Crippen molar-refractivity contribution in [1.82, 2.24) is 0 Å². The molecule has 3 aromatic carbocycles. The summed E-state index contributed by atoms with van der Waals surface area (Å²) in [6, 6.07) is 20.3. The summed E-state index contributed by atoms with van der Waals surface area (Å²) in [7, 11) is -4.80. The Kier molecular flexibility index (Phi) is 12.9. The van der Waals surface area contributed by atoms with Crippen molar-refractivity contribution in [3.8, 4) is 0 Å². The number of phosphoric acid groups is 1. The maximum absolute atomic E-state index is 11.3. The maximum atomic E-state index is 11.3. The molecule has 3 rings (SSSR count). The van der Waals surface area contributed by atoms with Crippen molar-refractivity contribution in [3.05, 3.63) is 106 Å². The van der Waals surface area contributed by atoms with Crippen molar-refractivity contribution in [2.75, 3.05) is 0 Å². The van der Waals surface area contributed by atoms with Gasteiger partial charge >= 0.3 is 25.7 Å². The van der Waals surface area contributed by atoms with Gasteiger partial charge in [0.05, 0.1) is 16.7 Å². The highest BCUT2D eigenvalue weighted by Gasteiger charge is 2.19. The molecule has 0 aliphatic rings. The highest BCUT2D eigenvalue weighted by Crippen LogP contribution is 2.36. The molecule has 4 N–H and O–H groups in total. The molecule has 198 valence electrons. The van der Waals surface area contributed by atoms with Gasteiger partial charge in [-0.1, -0.05) is 66.5 Å². The molecule has 3 aromatic rings. The second-order valence-corrected chi connectivity index (χ2v) is 8.75. The summed E-state index contributed by atoms with van der Waals surface area (Å²) < 4.78 is 13.9. The summed E-state index contributed by atoms with van der Waals surface area (Å²) in [6.45, 7) is 5.60. The summed E-state index contributed by atoms with van der Waals surface area (Å²) in [5.41, 5.74) is 3.59. The molecule has 10 nitrogen and oxygen atoms in total. The maximum Gasteiger partial charge on any atom is 0.505 e. The van der Waals surface area contributed by atoms with Crippen LogP contribution in [-0.4, -0.2) is 37.9 Å². The van der Waals surface area contributed by atoms with E-state index in [1.807, 2.05) is 19.1 Å². The Morgan fingerprint density at radius 1 is 0.757 bits per heavy atom. The zero-order valence-corrected chi connectivity index (χ0v) is 21.4. The average molecular weight is 532 g/mol. The number of carboxylic acid groups (broad SMARTS) is 2. The lowest BCUT2D eigenvalue weighted by molar-refractivity contribution is -0.166. The summed E-state index contributed by atoms with van der Waals surface area (Å²) in [6.07, 6.45) is 1.89. The number of hydrogen-bond acceptors (Lipinski definition) is 6. The number of carbonyl (C=O) groups is 3. The van der Waals surface area contributed by atoms with E-state index in [0.29, 0.717) is 11.1 Å². The Morgan fingerprint density at radius 2 is 1.19 bits per heavy atom. The first-order valence-electron chi connectivity index (χ1n) is 11.0. The zero-order chi connectivity index (χ0) is 28.0. The third kappa shape index (κ3) is 12.1. The van der Waals surface area contributed by atoms with E-state index >= 15 is 0 Å². The predicted molar refractivity (Wildman–Crippen MR) is 135 cm³/mol. The fourth-order valence-corrected chi connectivity index (χ4v) is 3.02. The second kappa shape index (κ2) is 15.3. The molecule has 0 saturated carbocycles. The molecule has 0 aliphatic carbocycles. The van der Waals surface area contributed by atoms with Crippen LogP contribution in [0.5, 0.6) is 0 Å². The third-order valence-corrected chi connectivity index (χ3v) is 4.96. The number of carboxylic acids is 2. The molecular weight excluding hydrogens is 503 g/mol. The number of hydrogen-bond donors (Lipinski definition) is 4. The van der Waals surface area contributed by atoms with Gasteiger partial charge in [-0.15, -0.1) is 0 Å². The molecule has 0 aromatic heterocycles. The van der Waals surface area contributed by atoms with E-state index in [1.54, 1.807) is 62.4 Å². The fraction of sp³-hybridized carbons (Fsp3) is 0.192. The number of benzene rings is 3. The van der Waals surface area contributed by atoms with Crippen LogP contribution in [0.4, 0.5) is 0 Å². The van der Waals surface area contributed by atoms with Gasteiger partial charge in [-0.2, -0.15) is 0 Å². The lowest BCUT2D eigenvalue weighted by atomic mass is 10.1. The van der Waals surface area contributed by atoms with Crippen molar-refractivity contribution < 1.29 is 48.5 Å². The normalized spacial score (nSPS) is 10.2. The fourth-order valence-electron chi connectivity index (χ4n) is 2.85. The van der Waals surface area contributed by atoms with Crippen molar-refractivity contribution in [2.24, 2.45) is 0 Å². The van der Waals surface area contributed by atoms with E-state index in [1.165, 1.54) is 12.1 Å². The molecule has 0 unspecified atom stereocenters. The van der Waals surface area contributed by atoms with Crippen molar-refractivity contribution in [3.63, 3.8) is 0 Å². The standard InChI is InChI=1S/C10H13O6P.2C8H8O2/c1-2-3-8-4-6-9(7-5-8)10(11)15-16-17(12,13)14;2*1-6-4-2-3-5-7(6)8(9)10/h4-7H,2-3H2,1H3,(H2,12,13,14);2*2-5H,1H3,(H,9,10). The van der Waals surface area contributed by atoms with Crippen LogP contribution in [0.15, 0.2) is 72.8 Å². The predicted octanol–water partition coefficient (Wildman–Crippen LogP) is 5.21. The number of aryl methyl sites for hydroxylation is 3. The molecule has 37 heavy (non-hydrogen) atoms. The minimum Gasteiger partial charge on any atom is -0.478 e. The quantitative estimate of drug-likeness (QED) is 0.180. The molecule has 0 aliphatic heterocycles. The number of aromatic carboxylic acids is 2. The van der Waals surface area contributed by atoms with Gasteiger partial charge in [0, 0.05) is 0 Å². The lowest BCUT2D eigenvalue weighted by Crippen LogP contribution is -2.05. The van der Waals surface area contributed by atoms with Gasteiger partial charge in [0.15, 0.2) is 0 Å². The molecule has 0 fully saturated rings. The zero-order valence-electron chi connectivity index (χ0n) is 20.5. The Labute approximate surface area is 214 Å². The van der Waals surface area contributed by atoms with E-state index in [2.05, 4.69) is 9.56 Å². The van der Waals surface area contributed by atoms with Crippen LogP contribution >= 0.6 is 7.82 Å². The van der Waals surface area contributed by atoms with Crippen LogP contribution in [0.1, 0.15) is 61.1 Å². The summed E-state index contributed by atoms with van der Waals surface area (Å²) in [5, 5.41) is 17.1. The van der Waals surface area contributed by atoms with Gasteiger partial charge in [-0.3, -0.25) is 4.89 Å². The molecule has 0 bridgehead atoms. The molecule has 0 spiro atoms. The molecule has 11 heteroatoms.